The lowest BCUT2D eigenvalue weighted by atomic mass is 9.75. The summed E-state index contributed by atoms with van der Waals surface area (Å²) >= 11 is 0. The highest BCUT2D eigenvalue weighted by Crippen LogP contribution is 2.36. The number of rotatable bonds is 7. The molecule has 5 nitrogen and oxygen atoms in total. The Morgan fingerprint density at radius 2 is 2.05 bits per heavy atom. The maximum atomic E-state index is 11.7. The van der Waals surface area contributed by atoms with Crippen molar-refractivity contribution in [2.45, 2.75) is 52.6 Å². The molecule has 0 saturated carbocycles. The summed E-state index contributed by atoms with van der Waals surface area (Å²) in [7, 11) is 0. The van der Waals surface area contributed by atoms with E-state index in [0.717, 1.165) is 31.5 Å². The van der Waals surface area contributed by atoms with Gasteiger partial charge in [-0.1, -0.05) is 13.8 Å². The van der Waals surface area contributed by atoms with Crippen molar-refractivity contribution in [1.82, 2.24) is 20.4 Å². The standard InChI is InChI=1S/C17H34N4O/c1-5-20(6-2)11-15-12-21-8-7-14(15)9-16(21)10-18-17(22)19-13(3)4/h13-16H,5-12H2,1-4H3,(H2,18,19,22). The molecule has 4 unspecified atom stereocenters. The van der Waals surface area contributed by atoms with Crippen molar-refractivity contribution in [2.24, 2.45) is 11.8 Å². The summed E-state index contributed by atoms with van der Waals surface area (Å²) in [4.78, 5) is 16.9. The van der Waals surface area contributed by atoms with Crippen molar-refractivity contribution in [3.05, 3.63) is 0 Å². The van der Waals surface area contributed by atoms with E-state index in [4.69, 9.17) is 0 Å². The fourth-order valence-corrected chi connectivity index (χ4v) is 4.01. The van der Waals surface area contributed by atoms with Crippen molar-refractivity contribution in [2.75, 3.05) is 39.3 Å². The number of piperidine rings is 3. The third-order valence-corrected chi connectivity index (χ3v) is 5.32. The Morgan fingerprint density at radius 3 is 2.59 bits per heavy atom. The minimum Gasteiger partial charge on any atom is -0.337 e. The van der Waals surface area contributed by atoms with Gasteiger partial charge in [0.05, 0.1) is 0 Å². The van der Waals surface area contributed by atoms with Gasteiger partial charge in [-0.15, -0.1) is 0 Å². The topological polar surface area (TPSA) is 47.6 Å². The van der Waals surface area contributed by atoms with E-state index in [9.17, 15) is 4.79 Å². The highest BCUT2D eigenvalue weighted by atomic mass is 16.2. The van der Waals surface area contributed by atoms with Gasteiger partial charge in [0.15, 0.2) is 0 Å². The Bertz CT molecular complexity index is 357. The molecular formula is C17H34N4O. The zero-order valence-electron chi connectivity index (χ0n) is 14.8. The Labute approximate surface area is 135 Å². The molecule has 4 atom stereocenters. The molecule has 128 valence electrons. The number of amides is 2. The second kappa shape index (κ2) is 8.16. The Kier molecular flexibility index (Phi) is 6.50. The summed E-state index contributed by atoms with van der Waals surface area (Å²) in [6.45, 7) is 15.2. The van der Waals surface area contributed by atoms with Gasteiger partial charge in [0.2, 0.25) is 0 Å². The van der Waals surface area contributed by atoms with Gasteiger partial charge in [0.1, 0.15) is 0 Å². The van der Waals surface area contributed by atoms with Crippen LogP contribution in [0.2, 0.25) is 0 Å². The van der Waals surface area contributed by atoms with E-state index in [-0.39, 0.29) is 12.1 Å². The van der Waals surface area contributed by atoms with Gasteiger partial charge in [-0.2, -0.15) is 0 Å². The van der Waals surface area contributed by atoms with Gasteiger partial charge in [-0.3, -0.25) is 4.90 Å². The van der Waals surface area contributed by atoms with Gasteiger partial charge in [0, 0.05) is 31.7 Å². The lowest BCUT2D eigenvalue weighted by molar-refractivity contribution is -0.00990. The van der Waals surface area contributed by atoms with Crippen molar-refractivity contribution >= 4 is 6.03 Å². The van der Waals surface area contributed by atoms with Gasteiger partial charge in [0.25, 0.3) is 0 Å². The van der Waals surface area contributed by atoms with Crippen LogP contribution in [0.1, 0.15) is 40.5 Å². The van der Waals surface area contributed by atoms with E-state index in [1.807, 2.05) is 13.8 Å². The van der Waals surface area contributed by atoms with E-state index < -0.39 is 0 Å². The maximum absolute atomic E-state index is 11.7. The lowest BCUT2D eigenvalue weighted by Gasteiger charge is -2.50. The number of nitrogens with zero attached hydrogens (tertiary/aromatic N) is 2. The minimum absolute atomic E-state index is 0.0302. The molecule has 0 spiro atoms. The van der Waals surface area contributed by atoms with Crippen LogP contribution in [0.5, 0.6) is 0 Å². The molecule has 2 amide bonds. The zero-order chi connectivity index (χ0) is 16.1. The molecule has 3 fully saturated rings. The van der Waals surface area contributed by atoms with E-state index in [2.05, 4.69) is 34.3 Å². The van der Waals surface area contributed by atoms with Gasteiger partial charge >= 0.3 is 6.03 Å². The van der Waals surface area contributed by atoms with Crippen LogP contribution in [0.4, 0.5) is 4.79 Å². The van der Waals surface area contributed by atoms with Crippen LogP contribution in [0, 0.1) is 11.8 Å². The molecule has 2 bridgehead atoms. The first kappa shape index (κ1) is 17.5. The Balaban J connectivity index is 1.79. The summed E-state index contributed by atoms with van der Waals surface area (Å²) in [5.74, 6) is 1.65. The molecule has 3 rings (SSSR count). The minimum atomic E-state index is -0.0302. The predicted octanol–water partition coefficient (Wildman–Crippen LogP) is 1.75. The highest BCUT2D eigenvalue weighted by molar-refractivity contribution is 5.74. The molecule has 22 heavy (non-hydrogen) atoms. The number of hydrogen-bond donors (Lipinski definition) is 2. The molecule has 0 radical (unpaired) electrons. The van der Waals surface area contributed by atoms with E-state index in [0.29, 0.717) is 6.04 Å². The normalized spacial score (nSPS) is 30.8. The summed E-state index contributed by atoms with van der Waals surface area (Å²) in [5, 5.41) is 5.95. The van der Waals surface area contributed by atoms with Crippen LogP contribution in [0.25, 0.3) is 0 Å². The lowest BCUT2D eigenvalue weighted by Crippen LogP contribution is -2.59. The molecule has 2 N–H and O–H groups in total. The zero-order valence-corrected chi connectivity index (χ0v) is 14.8. The van der Waals surface area contributed by atoms with Gasteiger partial charge < -0.3 is 15.5 Å². The Hall–Kier alpha value is -0.810. The van der Waals surface area contributed by atoms with Crippen molar-refractivity contribution in [1.29, 1.82) is 0 Å². The summed E-state index contributed by atoms with van der Waals surface area (Å²) in [5.41, 5.74) is 0. The molecule has 0 aromatic heterocycles. The first-order chi connectivity index (χ1) is 10.5. The molecule has 3 aliphatic heterocycles. The number of hydrogen-bond acceptors (Lipinski definition) is 3. The Morgan fingerprint density at radius 1 is 1.32 bits per heavy atom. The largest absolute Gasteiger partial charge is 0.337 e. The quantitative estimate of drug-likeness (QED) is 0.753. The van der Waals surface area contributed by atoms with Crippen LogP contribution >= 0.6 is 0 Å². The van der Waals surface area contributed by atoms with Crippen molar-refractivity contribution in [3.8, 4) is 0 Å². The average molecular weight is 310 g/mol. The average Bonchev–Trinajstić information content (AvgIpc) is 2.50. The monoisotopic (exact) mass is 310 g/mol. The van der Waals surface area contributed by atoms with Gasteiger partial charge in [-0.25, -0.2) is 4.79 Å². The number of carbonyl (C=O) groups excluding carboxylic acids is 1. The van der Waals surface area contributed by atoms with Crippen LogP contribution < -0.4 is 10.6 Å². The molecule has 0 aromatic carbocycles. The second-order valence-corrected chi connectivity index (χ2v) is 7.19. The third kappa shape index (κ3) is 4.59. The summed E-state index contributed by atoms with van der Waals surface area (Å²) < 4.78 is 0. The molecular weight excluding hydrogens is 276 g/mol. The van der Waals surface area contributed by atoms with E-state index in [1.54, 1.807) is 0 Å². The van der Waals surface area contributed by atoms with Crippen LogP contribution in [0.3, 0.4) is 0 Å². The van der Waals surface area contributed by atoms with E-state index in [1.165, 1.54) is 32.5 Å². The first-order valence-electron chi connectivity index (χ1n) is 9.04. The fraction of sp³-hybridized carbons (Fsp3) is 0.941. The molecule has 5 heteroatoms. The maximum Gasteiger partial charge on any atom is 0.315 e. The molecule has 3 saturated heterocycles. The SMILES string of the molecule is CCN(CC)CC1CN2CCC1CC2CNC(=O)NC(C)C. The van der Waals surface area contributed by atoms with Crippen LogP contribution in [-0.4, -0.2) is 67.2 Å². The molecule has 0 aromatic rings. The van der Waals surface area contributed by atoms with Crippen molar-refractivity contribution < 1.29 is 4.79 Å². The fourth-order valence-electron chi connectivity index (χ4n) is 4.01. The highest BCUT2D eigenvalue weighted by Gasteiger charge is 2.40. The summed E-state index contributed by atoms with van der Waals surface area (Å²) in [6, 6.07) is 0.698. The predicted molar refractivity (Wildman–Crippen MR) is 91.0 cm³/mol. The number of urea groups is 1. The second-order valence-electron chi connectivity index (χ2n) is 7.19. The molecule has 3 aliphatic rings. The summed E-state index contributed by atoms with van der Waals surface area (Å²) in [6.07, 6.45) is 2.58. The van der Waals surface area contributed by atoms with E-state index >= 15 is 0 Å². The van der Waals surface area contributed by atoms with Gasteiger partial charge in [-0.05, 0) is 58.2 Å². The number of fused-ring (bicyclic) bond motifs is 3. The number of nitrogens with one attached hydrogen (secondary N) is 2. The van der Waals surface area contributed by atoms with Crippen LogP contribution in [-0.2, 0) is 0 Å². The van der Waals surface area contributed by atoms with Crippen molar-refractivity contribution in [3.63, 3.8) is 0 Å². The molecule has 0 aliphatic carbocycles. The van der Waals surface area contributed by atoms with Crippen LogP contribution in [0.15, 0.2) is 0 Å². The third-order valence-electron chi connectivity index (χ3n) is 5.32. The first-order valence-corrected chi connectivity index (χ1v) is 9.04. The molecule has 3 heterocycles. The smallest absolute Gasteiger partial charge is 0.315 e. The number of carbonyl (C=O) groups is 1.